The molecule has 1 aromatic heterocycles. The number of amides is 1. The molecule has 1 N–H and O–H groups in total. The van der Waals surface area contributed by atoms with Gasteiger partial charge < -0.3 is 9.73 Å². The van der Waals surface area contributed by atoms with E-state index in [9.17, 15) is 4.79 Å². The fraction of sp³-hybridized carbons (Fsp3) is 0.318. The van der Waals surface area contributed by atoms with Crippen LogP contribution in [0.5, 0.6) is 0 Å². The summed E-state index contributed by atoms with van der Waals surface area (Å²) < 4.78 is 5.40. The van der Waals surface area contributed by atoms with E-state index in [2.05, 4.69) is 24.1 Å². The summed E-state index contributed by atoms with van der Waals surface area (Å²) in [6, 6.07) is 15.8. The van der Waals surface area contributed by atoms with Crippen LogP contribution in [0.2, 0.25) is 0 Å². The molecule has 0 radical (unpaired) electrons. The number of hydrogen-bond acceptors (Lipinski definition) is 3. The Morgan fingerprint density at radius 3 is 2.54 bits per heavy atom. The molecule has 0 unspecified atom stereocenters. The second-order valence-corrected chi connectivity index (χ2v) is 6.54. The first-order chi connectivity index (χ1) is 12.7. The number of rotatable bonds is 8. The van der Waals surface area contributed by atoms with E-state index >= 15 is 0 Å². The van der Waals surface area contributed by atoms with Gasteiger partial charge in [-0.2, -0.15) is 0 Å². The Labute approximate surface area is 154 Å². The lowest BCUT2D eigenvalue weighted by molar-refractivity contribution is 0.0951. The molecular weight excluding hydrogens is 324 g/mol. The predicted octanol–water partition coefficient (Wildman–Crippen LogP) is 4.59. The first-order valence-electron chi connectivity index (χ1n) is 9.25. The Bertz CT molecular complexity index is 852. The largest absolute Gasteiger partial charge is 0.464 e. The van der Waals surface area contributed by atoms with E-state index in [1.807, 2.05) is 48.5 Å². The van der Waals surface area contributed by atoms with Gasteiger partial charge in [0.1, 0.15) is 5.58 Å². The van der Waals surface area contributed by atoms with Crippen molar-refractivity contribution in [3.05, 3.63) is 71.5 Å². The zero-order valence-corrected chi connectivity index (χ0v) is 15.5. The highest BCUT2D eigenvalue weighted by Crippen LogP contribution is 2.17. The van der Waals surface area contributed by atoms with E-state index in [1.54, 1.807) is 6.26 Å². The van der Waals surface area contributed by atoms with Gasteiger partial charge in [0.15, 0.2) is 0 Å². The molecule has 4 nitrogen and oxygen atoms in total. The van der Waals surface area contributed by atoms with E-state index in [1.165, 1.54) is 5.56 Å². The van der Waals surface area contributed by atoms with Crippen LogP contribution in [0.25, 0.3) is 11.0 Å². The summed E-state index contributed by atoms with van der Waals surface area (Å²) in [7, 11) is 0. The Morgan fingerprint density at radius 2 is 1.81 bits per heavy atom. The van der Waals surface area contributed by atoms with Crippen LogP contribution in [-0.2, 0) is 13.1 Å². The van der Waals surface area contributed by atoms with Crippen molar-refractivity contribution >= 4 is 16.9 Å². The fourth-order valence-electron chi connectivity index (χ4n) is 3.08. The van der Waals surface area contributed by atoms with Crippen LogP contribution < -0.4 is 5.32 Å². The number of fused-ring (bicyclic) bond motifs is 1. The second kappa shape index (κ2) is 8.68. The zero-order valence-electron chi connectivity index (χ0n) is 15.5. The summed E-state index contributed by atoms with van der Waals surface area (Å²) in [6.45, 7) is 7.92. The molecule has 1 amide bonds. The molecule has 0 aliphatic carbocycles. The molecule has 1 heterocycles. The van der Waals surface area contributed by atoms with E-state index in [0.717, 1.165) is 42.6 Å². The molecular formula is C22H26N2O2. The predicted molar refractivity (Wildman–Crippen MR) is 105 cm³/mol. The minimum atomic E-state index is -0.0583. The molecule has 3 rings (SSSR count). The van der Waals surface area contributed by atoms with Crippen molar-refractivity contribution in [2.45, 2.75) is 33.4 Å². The standard InChI is InChI=1S/C22H26N2O2/c1-3-12-24(4-2)16-17-5-9-20(10-6-17)22(25)23-15-18-7-8-19-11-13-26-21(19)14-18/h5-11,13-14H,3-4,12,15-16H2,1-2H3,(H,23,25). The zero-order chi connectivity index (χ0) is 18.4. The summed E-state index contributed by atoms with van der Waals surface area (Å²) in [5, 5.41) is 4.04. The first kappa shape index (κ1) is 18.2. The lowest BCUT2D eigenvalue weighted by Crippen LogP contribution is -2.24. The maximum atomic E-state index is 12.4. The van der Waals surface area contributed by atoms with E-state index < -0.39 is 0 Å². The molecule has 0 saturated carbocycles. The SMILES string of the molecule is CCCN(CC)Cc1ccc(C(=O)NCc2ccc3ccoc3c2)cc1. The molecule has 0 bridgehead atoms. The Balaban J connectivity index is 1.57. The highest BCUT2D eigenvalue weighted by Gasteiger charge is 2.08. The number of furan rings is 1. The molecule has 0 aliphatic heterocycles. The second-order valence-electron chi connectivity index (χ2n) is 6.54. The number of carbonyl (C=O) groups is 1. The normalized spacial score (nSPS) is 11.2. The minimum absolute atomic E-state index is 0.0583. The molecule has 3 aromatic rings. The van der Waals surface area contributed by atoms with Crippen molar-refractivity contribution in [1.29, 1.82) is 0 Å². The van der Waals surface area contributed by atoms with E-state index in [4.69, 9.17) is 4.42 Å². The van der Waals surface area contributed by atoms with Crippen LogP contribution >= 0.6 is 0 Å². The van der Waals surface area contributed by atoms with E-state index in [0.29, 0.717) is 12.1 Å². The Kier molecular flexibility index (Phi) is 6.08. The summed E-state index contributed by atoms with van der Waals surface area (Å²) in [4.78, 5) is 14.8. The lowest BCUT2D eigenvalue weighted by Gasteiger charge is -2.19. The molecule has 0 fully saturated rings. The van der Waals surface area contributed by atoms with Gasteiger partial charge in [0.2, 0.25) is 0 Å². The smallest absolute Gasteiger partial charge is 0.251 e. The van der Waals surface area contributed by atoms with Crippen LogP contribution in [0.15, 0.2) is 59.2 Å². The first-order valence-corrected chi connectivity index (χ1v) is 9.25. The molecule has 26 heavy (non-hydrogen) atoms. The third kappa shape index (κ3) is 4.52. The molecule has 136 valence electrons. The van der Waals surface area contributed by atoms with Crippen LogP contribution in [0.1, 0.15) is 41.8 Å². The molecule has 4 heteroatoms. The van der Waals surface area contributed by atoms with E-state index in [-0.39, 0.29) is 5.91 Å². The van der Waals surface area contributed by atoms with Crippen molar-refractivity contribution in [2.24, 2.45) is 0 Å². The number of carbonyl (C=O) groups excluding carboxylic acids is 1. The number of benzene rings is 2. The molecule has 0 atom stereocenters. The maximum Gasteiger partial charge on any atom is 0.251 e. The number of hydrogen-bond donors (Lipinski definition) is 1. The average molecular weight is 350 g/mol. The summed E-state index contributed by atoms with van der Waals surface area (Å²) in [5.74, 6) is -0.0583. The van der Waals surface area contributed by atoms with Gasteiger partial charge in [-0.15, -0.1) is 0 Å². The maximum absolute atomic E-state index is 12.4. The van der Waals surface area contributed by atoms with Gasteiger partial charge in [-0.25, -0.2) is 0 Å². The number of nitrogens with one attached hydrogen (secondary N) is 1. The third-order valence-corrected chi connectivity index (χ3v) is 4.58. The quantitative estimate of drug-likeness (QED) is 0.646. The monoisotopic (exact) mass is 350 g/mol. The fourth-order valence-corrected chi connectivity index (χ4v) is 3.08. The lowest BCUT2D eigenvalue weighted by atomic mass is 10.1. The van der Waals surface area contributed by atoms with Crippen molar-refractivity contribution in [1.82, 2.24) is 10.2 Å². The van der Waals surface area contributed by atoms with Crippen LogP contribution in [-0.4, -0.2) is 23.9 Å². The van der Waals surface area contributed by atoms with Gasteiger partial charge in [-0.1, -0.05) is 38.1 Å². The van der Waals surface area contributed by atoms with Crippen LogP contribution in [0.3, 0.4) is 0 Å². The average Bonchev–Trinajstić information content (AvgIpc) is 3.14. The molecule has 0 saturated heterocycles. The van der Waals surface area contributed by atoms with Gasteiger partial charge in [0.05, 0.1) is 6.26 Å². The van der Waals surface area contributed by atoms with Crippen molar-refractivity contribution in [3.63, 3.8) is 0 Å². The van der Waals surface area contributed by atoms with Gasteiger partial charge in [0.25, 0.3) is 5.91 Å². The topological polar surface area (TPSA) is 45.5 Å². The van der Waals surface area contributed by atoms with Gasteiger partial charge in [0, 0.05) is 24.0 Å². The molecule has 0 spiro atoms. The van der Waals surface area contributed by atoms with Gasteiger partial charge >= 0.3 is 0 Å². The summed E-state index contributed by atoms with van der Waals surface area (Å²) in [6.07, 6.45) is 2.83. The van der Waals surface area contributed by atoms with Crippen LogP contribution in [0.4, 0.5) is 0 Å². The van der Waals surface area contributed by atoms with Crippen molar-refractivity contribution in [2.75, 3.05) is 13.1 Å². The van der Waals surface area contributed by atoms with Gasteiger partial charge in [-0.05, 0) is 54.9 Å². The van der Waals surface area contributed by atoms with Crippen LogP contribution in [0, 0.1) is 0 Å². The summed E-state index contributed by atoms with van der Waals surface area (Å²) >= 11 is 0. The molecule has 0 aliphatic rings. The Morgan fingerprint density at radius 1 is 1.04 bits per heavy atom. The highest BCUT2D eigenvalue weighted by atomic mass is 16.3. The highest BCUT2D eigenvalue weighted by molar-refractivity contribution is 5.94. The van der Waals surface area contributed by atoms with Crippen molar-refractivity contribution in [3.8, 4) is 0 Å². The number of nitrogens with zero attached hydrogens (tertiary/aromatic N) is 1. The Hall–Kier alpha value is -2.59. The third-order valence-electron chi connectivity index (χ3n) is 4.58. The minimum Gasteiger partial charge on any atom is -0.464 e. The molecule has 2 aromatic carbocycles. The van der Waals surface area contributed by atoms with Gasteiger partial charge in [-0.3, -0.25) is 9.69 Å². The van der Waals surface area contributed by atoms with Crippen molar-refractivity contribution < 1.29 is 9.21 Å². The summed E-state index contributed by atoms with van der Waals surface area (Å²) in [5.41, 5.74) is 3.79.